The van der Waals surface area contributed by atoms with E-state index in [4.69, 9.17) is 38.4 Å². The van der Waals surface area contributed by atoms with Crippen molar-refractivity contribution in [1.82, 2.24) is 0 Å². The molecule has 100 valence electrons. The van der Waals surface area contributed by atoms with Crippen LogP contribution in [0.1, 0.15) is 12.5 Å². The van der Waals surface area contributed by atoms with Gasteiger partial charge in [-0.05, 0) is 25.0 Å². The second-order valence-corrected chi connectivity index (χ2v) is 4.70. The van der Waals surface area contributed by atoms with Crippen LogP contribution in [0.15, 0.2) is 28.8 Å². The molecular formula is C13H17Cl2NO2. The Bertz CT molecular complexity index is 419. The Hall–Kier alpha value is -0.900. The zero-order valence-corrected chi connectivity index (χ0v) is 12.0. The Morgan fingerprint density at radius 1 is 1.50 bits per heavy atom. The maximum Gasteiger partial charge on any atom is 0.126 e. The molecule has 0 aliphatic rings. The number of hydrogen-bond donors (Lipinski definition) is 1. The van der Waals surface area contributed by atoms with Crippen LogP contribution in [0.25, 0.3) is 0 Å². The van der Waals surface area contributed by atoms with E-state index in [0.29, 0.717) is 10.8 Å². The van der Waals surface area contributed by atoms with Crippen molar-refractivity contribution in [3.8, 4) is 11.5 Å². The predicted octanol–water partition coefficient (Wildman–Crippen LogP) is 3.28. The van der Waals surface area contributed by atoms with Crippen molar-refractivity contribution in [2.45, 2.75) is 19.4 Å². The van der Waals surface area contributed by atoms with Crippen LogP contribution in [-0.2, 0) is 6.42 Å². The largest absolute Gasteiger partial charge is 0.497 e. The second-order valence-electron chi connectivity index (χ2n) is 4.00. The molecule has 1 unspecified atom stereocenters. The maximum absolute atomic E-state index is 5.80. The molecule has 0 aliphatic carbocycles. The number of hydrogen-bond acceptors (Lipinski definition) is 3. The number of benzene rings is 1. The summed E-state index contributed by atoms with van der Waals surface area (Å²) in [6, 6.07) is 5.69. The third-order valence-corrected chi connectivity index (χ3v) is 2.89. The average molecular weight is 290 g/mol. The van der Waals surface area contributed by atoms with Gasteiger partial charge in [0.1, 0.15) is 18.1 Å². The highest BCUT2D eigenvalue weighted by molar-refractivity contribution is 6.36. The van der Waals surface area contributed by atoms with Crippen LogP contribution < -0.4 is 15.2 Å². The van der Waals surface area contributed by atoms with Crippen molar-refractivity contribution in [1.29, 1.82) is 0 Å². The molecule has 1 aromatic carbocycles. The van der Waals surface area contributed by atoms with E-state index < -0.39 is 0 Å². The molecule has 0 amide bonds. The van der Waals surface area contributed by atoms with Crippen molar-refractivity contribution in [2.24, 2.45) is 5.73 Å². The van der Waals surface area contributed by atoms with Gasteiger partial charge in [0.05, 0.1) is 12.1 Å². The lowest BCUT2D eigenvalue weighted by Gasteiger charge is -2.14. The molecule has 0 radical (unpaired) electrons. The molecule has 0 fully saturated rings. The summed E-state index contributed by atoms with van der Waals surface area (Å²) in [6.45, 7) is 2.17. The summed E-state index contributed by atoms with van der Waals surface area (Å²) in [7, 11) is 1.61. The predicted molar refractivity (Wildman–Crippen MR) is 75.6 cm³/mol. The molecule has 0 spiro atoms. The Morgan fingerprint density at radius 2 is 2.22 bits per heavy atom. The Labute approximate surface area is 117 Å². The smallest absolute Gasteiger partial charge is 0.126 e. The second kappa shape index (κ2) is 7.52. The monoisotopic (exact) mass is 289 g/mol. The normalized spacial score (nSPS) is 13.3. The third-order valence-electron chi connectivity index (χ3n) is 2.30. The van der Waals surface area contributed by atoms with Gasteiger partial charge in [-0.3, -0.25) is 0 Å². The first-order valence-corrected chi connectivity index (χ1v) is 6.38. The van der Waals surface area contributed by atoms with Crippen molar-refractivity contribution in [2.75, 3.05) is 13.7 Å². The van der Waals surface area contributed by atoms with Crippen LogP contribution in [0.3, 0.4) is 0 Å². The molecule has 5 heteroatoms. The summed E-state index contributed by atoms with van der Waals surface area (Å²) in [5.41, 5.74) is 8.10. The molecule has 0 heterocycles. The van der Waals surface area contributed by atoms with Crippen LogP contribution >= 0.6 is 23.2 Å². The summed E-state index contributed by atoms with van der Waals surface area (Å²) in [5, 5.41) is 0.436. The lowest BCUT2D eigenvalue weighted by Crippen LogP contribution is -2.18. The Morgan fingerprint density at radius 3 is 2.78 bits per heavy atom. The molecule has 2 N–H and O–H groups in total. The minimum Gasteiger partial charge on any atom is -0.497 e. The molecule has 0 aliphatic heterocycles. The standard InChI is InChI=1S/C13H17Cl2NO2/c1-9(16)5-10-3-4-12(17-2)6-13(10)18-8-11(15)7-14/h3-4,6-7,9H,5,8,16H2,1-2H3. The fourth-order valence-corrected chi connectivity index (χ4v) is 1.61. The molecule has 0 saturated carbocycles. The zero-order chi connectivity index (χ0) is 13.5. The summed E-state index contributed by atoms with van der Waals surface area (Å²) in [4.78, 5) is 0. The average Bonchev–Trinajstić information content (AvgIpc) is 2.36. The Balaban J connectivity index is 2.89. The lowest BCUT2D eigenvalue weighted by atomic mass is 10.1. The van der Waals surface area contributed by atoms with Gasteiger partial charge in [-0.15, -0.1) is 0 Å². The van der Waals surface area contributed by atoms with Gasteiger partial charge in [0.15, 0.2) is 0 Å². The fraction of sp³-hybridized carbons (Fsp3) is 0.385. The number of halogens is 2. The quantitative estimate of drug-likeness (QED) is 0.874. The van der Waals surface area contributed by atoms with Gasteiger partial charge in [-0.1, -0.05) is 29.3 Å². The van der Waals surface area contributed by atoms with E-state index in [1.807, 2.05) is 25.1 Å². The van der Waals surface area contributed by atoms with Crippen molar-refractivity contribution in [3.05, 3.63) is 34.3 Å². The lowest BCUT2D eigenvalue weighted by molar-refractivity contribution is 0.349. The van der Waals surface area contributed by atoms with Crippen molar-refractivity contribution >= 4 is 23.2 Å². The summed E-state index contributed by atoms with van der Waals surface area (Å²) in [6.07, 6.45) is 0.724. The van der Waals surface area contributed by atoms with Gasteiger partial charge in [-0.25, -0.2) is 0 Å². The van der Waals surface area contributed by atoms with Crippen LogP contribution in [0.4, 0.5) is 0 Å². The van der Waals surface area contributed by atoms with Gasteiger partial charge in [0, 0.05) is 17.6 Å². The van der Waals surface area contributed by atoms with Gasteiger partial charge in [0.2, 0.25) is 0 Å². The maximum atomic E-state index is 5.80. The fourth-order valence-electron chi connectivity index (χ4n) is 1.49. The number of nitrogens with two attached hydrogens (primary N) is 1. The van der Waals surface area contributed by atoms with E-state index in [0.717, 1.165) is 17.7 Å². The van der Waals surface area contributed by atoms with Gasteiger partial charge < -0.3 is 15.2 Å². The number of ether oxygens (including phenoxy) is 2. The molecular weight excluding hydrogens is 273 g/mol. The molecule has 0 bridgehead atoms. The highest BCUT2D eigenvalue weighted by Gasteiger charge is 2.08. The SMILES string of the molecule is COc1ccc(CC(C)N)c(OCC(Cl)=CCl)c1. The highest BCUT2D eigenvalue weighted by atomic mass is 35.5. The van der Waals surface area contributed by atoms with E-state index in [2.05, 4.69) is 0 Å². The molecule has 1 atom stereocenters. The van der Waals surface area contributed by atoms with E-state index in [1.54, 1.807) is 7.11 Å². The zero-order valence-electron chi connectivity index (χ0n) is 10.5. The van der Waals surface area contributed by atoms with Gasteiger partial charge >= 0.3 is 0 Å². The van der Waals surface area contributed by atoms with Gasteiger partial charge in [-0.2, -0.15) is 0 Å². The van der Waals surface area contributed by atoms with E-state index in [9.17, 15) is 0 Å². The van der Waals surface area contributed by atoms with E-state index in [1.165, 1.54) is 5.54 Å². The van der Waals surface area contributed by atoms with E-state index >= 15 is 0 Å². The molecule has 0 saturated heterocycles. The number of methoxy groups -OCH3 is 1. The van der Waals surface area contributed by atoms with Gasteiger partial charge in [0.25, 0.3) is 0 Å². The molecule has 1 aromatic rings. The first-order chi connectivity index (χ1) is 8.56. The highest BCUT2D eigenvalue weighted by Crippen LogP contribution is 2.26. The minimum absolute atomic E-state index is 0.0554. The summed E-state index contributed by atoms with van der Waals surface area (Å²) >= 11 is 11.3. The van der Waals surface area contributed by atoms with Crippen molar-refractivity contribution < 1.29 is 9.47 Å². The van der Waals surface area contributed by atoms with Crippen LogP contribution in [0.5, 0.6) is 11.5 Å². The first kappa shape index (κ1) is 15.2. The summed E-state index contributed by atoms with van der Waals surface area (Å²) in [5.74, 6) is 1.44. The Kier molecular flexibility index (Phi) is 6.33. The van der Waals surface area contributed by atoms with Crippen molar-refractivity contribution in [3.63, 3.8) is 0 Å². The third kappa shape index (κ3) is 4.77. The molecule has 3 nitrogen and oxygen atoms in total. The molecule has 18 heavy (non-hydrogen) atoms. The topological polar surface area (TPSA) is 44.5 Å². The first-order valence-electron chi connectivity index (χ1n) is 5.57. The summed E-state index contributed by atoms with van der Waals surface area (Å²) < 4.78 is 10.8. The molecule has 0 aromatic heterocycles. The minimum atomic E-state index is 0.0554. The molecule has 1 rings (SSSR count). The van der Waals surface area contributed by atoms with E-state index in [-0.39, 0.29) is 12.6 Å². The van der Waals surface area contributed by atoms with Crippen LogP contribution in [-0.4, -0.2) is 19.8 Å². The number of rotatable bonds is 6. The van der Waals surface area contributed by atoms with Crippen LogP contribution in [0.2, 0.25) is 0 Å². The van der Waals surface area contributed by atoms with Crippen LogP contribution in [0, 0.1) is 0 Å².